The van der Waals surface area contributed by atoms with Gasteiger partial charge in [0.15, 0.2) is 5.96 Å². The molecule has 1 aliphatic carbocycles. The summed E-state index contributed by atoms with van der Waals surface area (Å²) in [5, 5.41) is 6.88. The zero-order valence-corrected chi connectivity index (χ0v) is 20.9. The summed E-state index contributed by atoms with van der Waals surface area (Å²) in [6.45, 7) is 14.4. The third-order valence-electron chi connectivity index (χ3n) is 5.12. The van der Waals surface area contributed by atoms with Crippen molar-refractivity contribution in [2.45, 2.75) is 66.0 Å². The quantitative estimate of drug-likeness (QED) is 0.235. The third kappa shape index (κ3) is 11.0. The molecule has 1 aromatic rings. The molecule has 1 heterocycles. The highest BCUT2D eigenvalue weighted by Gasteiger charge is 2.22. The number of hydrogen-bond donors (Lipinski definition) is 2. The second kappa shape index (κ2) is 14.8. The lowest BCUT2D eigenvalue weighted by atomic mass is 10.2. The first kappa shape index (κ1) is 25.9. The topological polar surface area (TPSA) is 61.8 Å². The van der Waals surface area contributed by atoms with Gasteiger partial charge in [-0.05, 0) is 76.7 Å². The summed E-state index contributed by atoms with van der Waals surface area (Å²) in [4.78, 5) is 11.5. The Balaban J connectivity index is 0.00000420. The van der Waals surface area contributed by atoms with Crippen LogP contribution in [0.3, 0.4) is 0 Å². The fraction of sp³-hybridized carbons (Fsp3) is 0.727. The maximum absolute atomic E-state index is 5.78. The molecule has 1 aliphatic rings. The molecule has 1 saturated carbocycles. The van der Waals surface area contributed by atoms with Crippen molar-refractivity contribution in [2.75, 3.05) is 32.8 Å². The summed E-state index contributed by atoms with van der Waals surface area (Å²) in [6, 6.07) is 4.40. The molecule has 0 saturated heterocycles. The van der Waals surface area contributed by atoms with Crippen LogP contribution in [0.1, 0.15) is 58.9 Å². The van der Waals surface area contributed by atoms with Gasteiger partial charge in [0.2, 0.25) is 5.88 Å². The first-order chi connectivity index (χ1) is 13.6. The molecule has 0 aliphatic heterocycles. The fourth-order valence-electron chi connectivity index (χ4n) is 3.07. The van der Waals surface area contributed by atoms with Crippen LogP contribution in [0.2, 0.25) is 0 Å². The van der Waals surface area contributed by atoms with E-state index < -0.39 is 0 Å². The minimum Gasteiger partial charge on any atom is -0.477 e. The van der Waals surface area contributed by atoms with Crippen molar-refractivity contribution in [3.63, 3.8) is 0 Å². The van der Waals surface area contributed by atoms with Gasteiger partial charge in [0.1, 0.15) is 0 Å². The highest BCUT2D eigenvalue weighted by molar-refractivity contribution is 14.0. The van der Waals surface area contributed by atoms with Crippen LogP contribution >= 0.6 is 24.0 Å². The van der Waals surface area contributed by atoms with Gasteiger partial charge in [0.05, 0.1) is 13.2 Å². The molecule has 1 fully saturated rings. The largest absolute Gasteiger partial charge is 0.477 e. The Morgan fingerprint density at radius 3 is 2.72 bits per heavy atom. The Kier molecular flexibility index (Phi) is 13.3. The highest BCUT2D eigenvalue weighted by Crippen LogP contribution is 2.29. The van der Waals surface area contributed by atoms with E-state index in [4.69, 9.17) is 9.73 Å². The molecule has 0 amide bonds. The smallest absolute Gasteiger partial charge is 0.213 e. The van der Waals surface area contributed by atoms with Crippen LogP contribution in [0.5, 0.6) is 5.88 Å². The van der Waals surface area contributed by atoms with E-state index in [0.717, 1.165) is 56.6 Å². The van der Waals surface area contributed by atoms with Crippen molar-refractivity contribution < 1.29 is 4.74 Å². The Hall–Kier alpha value is -1.09. The van der Waals surface area contributed by atoms with Gasteiger partial charge in [-0.3, -0.25) is 0 Å². The number of nitrogens with zero attached hydrogens (tertiary/aromatic N) is 3. The van der Waals surface area contributed by atoms with E-state index in [1.54, 1.807) is 0 Å². The highest BCUT2D eigenvalue weighted by atomic mass is 127. The molecule has 1 aromatic heterocycles. The lowest BCUT2D eigenvalue weighted by Gasteiger charge is -2.21. The zero-order valence-electron chi connectivity index (χ0n) is 18.6. The first-order valence-corrected chi connectivity index (χ1v) is 11.0. The lowest BCUT2D eigenvalue weighted by Crippen LogP contribution is -2.42. The van der Waals surface area contributed by atoms with Crippen LogP contribution in [0, 0.1) is 5.92 Å². The van der Waals surface area contributed by atoms with Crippen molar-refractivity contribution in [3.05, 3.63) is 23.9 Å². The summed E-state index contributed by atoms with van der Waals surface area (Å²) in [5.41, 5.74) is 1.12. The van der Waals surface area contributed by atoms with Crippen LogP contribution in [0.25, 0.3) is 0 Å². The van der Waals surface area contributed by atoms with Crippen molar-refractivity contribution in [1.82, 2.24) is 20.5 Å². The monoisotopic (exact) mass is 517 g/mol. The molecule has 1 atom stereocenters. The molecule has 6 nitrogen and oxygen atoms in total. The number of rotatable bonds is 13. The maximum Gasteiger partial charge on any atom is 0.213 e. The van der Waals surface area contributed by atoms with Crippen molar-refractivity contribution in [1.29, 1.82) is 0 Å². The average molecular weight is 518 g/mol. The summed E-state index contributed by atoms with van der Waals surface area (Å²) >= 11 is 0. The predicted molar refractivity (Wildman–Crippen MR) is 132 cm³/mol. The molecule has 0 aromatic carbocycles. The summed E-state index contributed by atoms with van der Waals surface area (Å²) < 4.78 is 5.78. The molecule has 166 valence electrons. The Bertz CT molecular complexity index is 590. The minimum absolute atomic E-state index is 0. The lowest BCUT2D eigenvalue weighted by molar-refractivity contribution is 0.288. The zero-order chi connectivity index (χ0) is 20.2. The van der Waals surface area contributed by atoms with Crippen molar-refractivity contribution in [2.24, 2.45) is 10.9 Å². The van der Waals surface area contributed by atoms with E-state index in [-0.39, 0.29) is 24.0 Å². The average Bonchev–Trinajstić information content (AvgIpc) is 3.53. The molecule has 2 rings (SSSR count). The number of aromatic nitrogens is 1. The van der Waals surface area contributed by atoms with E-state index in [1.165, 1.54) is 19.3 Å². The van der Waals surface area contributed by atoms with Crippen LogP contribution in [-0.2, 0) is 6.54 Å². The standard InChI is InChI=1S/C22H39N5O.HI/c1-5-23-22(26-18(4)9-8-14-27(6-2)7-3)25-16-20-12-13-24-21(15-20)28-17-19-10-11-19;/h12-13,15,18-19H,5-11,14,16-17H2,1-4H3,(H2,23,25,26);1H. The number of pyridine rings is 1. The number of nitrogens with one attached hydrogen (secondary N) is 2. The fourth-order valence-corrected chi connectivity index (χ4v) is 3.07. The van der Waals surface area contributed by atoms with Gasteiger partial charge >= 0.3 is 0 Å². The molecule has 29 heavy (non-hydrogen) atoms. The van der Waals surface area contributed by atoms with E-state index in [1.807, 2.05) is 18.3 Å². The van der Waals surface area contributed by atoms with Gasteiger partial charge in [0.25, 0.3) is 0 Å². The van der Waals surface area contributed by atoms with Crippen LogP contribution in [0.15, 0.2) is 23.3 Å². The van der Waals surface area contributed by atoms with Gasteiger partial charge in [-0.15, -0.1) is 24.0 Å². The van der Waals surface area contributed by atoms with Gasteiger partial charge in [-0.25, -0.2) is 9.98 Å². The molecular weight excluding hydrogens is 477 g/mol. The molecule has 7 heteroatoms. The summed E-state index contributed by atoms with van der Waals surface area (Å²) in [5.74, 6) is 2.31. The number of ether oxygens (including phenoxy) is 1. The van der Waals surface area contributed by atoms with Gasteiger partial charge in [-0.2, -0.15) is 0 Å². The number of guanidine groups is 1. The van der Waals surface area contributed by atoms with Crippen LogP contribution < -0.4 is 15.4 Å². The molecule has 0 radical (unpaired) electrons. The van der Waals surface area contributed by atoms with E-state index >= 15 is 0 Å². The van der Waals surface area contributed by atoms with Crippen molar-refractivity contribution >= 4 is 29.9 Å². The van der Waals surface area contributed by atoms with Crippen LogP contribution in [-0.4, -0.2) is 54.7 Å². The van der Waals surface area contributed by atoms with Crippen LogP contribution in [0.4, 0.5) is 0 Å². The normalized spacial score (nSPS) is 15.0. The number of hydrogen-bond acceptors (Lipinski definition) is 4. The van der Waals surface area contributed by atoms with Gasteiger partial charge in [0, 0.05) is 24.8 Å². The van der Waals surface area contributed by atoms with E-state index in [0.29, 0.717) is 18.5 Å². The molecular formula is C22H40IN5O. The number of aliphatic imine (C=N–C) groups is 1. The van der Waals surface area contributed by atoms with Gasteiger partial charge < -0.3 is 20.3 Å². The molecule has 2 N–H and O–H groups in total. The SMILES string of the molecule is CCNC(=NCc1ccnc(OCC2CC2)c1)NC(C)CCCN(CC)CC.I. The maximum atomic E-state index is 5.78. The first-order valence-electron chi connectivity index (χ1n) is 11.0. The molecule has 1 unspecified atom stereocenters. The molecule has 0 spiro atoms. The Labute approximate surface area is 194 Å². The minimum atomic E-state index is 0. The second-order valence-electron chi connectivity index (χ2n) is 7.67. The Morgan fingerprint density at radius 2 is 2.07 bits per heavy atom. The van der Waals surface area contributed by atoms with Crippen molar-refractivity contribution in [3.8, 4) is 5.88 Å². The summed E-state index contributed by atoms with van der Waals surface area (Å²) in [6.07, 6.45) is 6.71. The summed E-state index contributed by atoms with van der Waals surface area (Å²) in [7, 11) is 0. The van der Waals surface area contributed by atoms with Gasteiger partial charge in [-0.1, -0.05) is 13.8 Å². The third-order valence-corrected chi connectivity index (χ3v) is 5.12. The predicted octanol–water partition coefficient (Wildman–Crippen LogP) is 4.05. The van der Waals surface area contributed by atoms with E-state index in [9.17, 15) is 0 Å². The Morgan fingerprint density at radius 1 is 1.31 bits per heavy atom. The number of halogens is 1. The second-order valence-corrected chi connectivity index (χ2v) is 7.67. The molecule has 0 bridgehead atoms. The van der Waals surface area contributed by atoms with E-state index in [2.05, 4.69) is 48.2 Å².